The lowest BCUT2D eigenvalue weighted by atomic mass is 9.84. The summed E-state index contributed by atoms with van der Waals surface area (Å²) in [5.41, 5.74) is 12.0. The predicted molar refractivity (Wildman–Crippen MR) is 227 cm³/mol. The second kappa shape index (κ2) is 13.2. The number of aromatic nitrogens is 4. The molecule has 0 saturated carbocycles. The van der Waals surface area contributed by atoms with Crippen molar-refractivity contribution in [3.05, 3.63) is 205 Å². The van der Waals surface area contributed by atoms with Crippen molar-refractivity contribution in [2.24, 2.45) is 0 Å². The van der Waals surface area contributed by atoms with Gasteiger partial charge in [-0.1, -0.05) is 158 Å². The van der Waals surface area contributed by atoms with Crippen LogP contribution in [-0.4, -0.2) is 25.6 Å². The van der Waals surface area contributed by atoms with Crippen LogP contribution in [0.2, 0.25) is 0 Å². The SMILES string of the molecule is C1=CC(c2ccc3c(c2)c2ccccc2n3-c2ccccc2-c2nc(-c3ccccc3)nc(-c3ccc(-c4ccccc4)cc3)n2)C2Oc3ccccc3C2=C1. The molecule has 0 saturated heterocycles. The average Bonchev–Trinajstić information content (AvgIpc) is 3.82. The fraction of sp³-hybridized carbons (Fsp3) is 0.0392. The molecule has 2 atom stereocenters. The van der Waals surface area contributed by atoms with Gasteiger partial charge in [0.25, 0.3) is 0 Å². The van der Waals surface area contributed by atoms with E-state index in [0.29, 0.717) is 17.5 Å². The molecule has 2 unspecified atom stereocenters. The molecule has 2 aliphatic rings. The first-order valence-corrected chi connectivity index (χ1v) is 19.0. The molecule has 0 bridgehead atoms. The monoisotopic (exact) mass is 718 g/mol. The maximum atomic E-state index is 6.58. The van der Waals surface area contributed by atoms with Crippen LogP contribution in [0.15, 0.2) is 194 Å². The van der Waals surface area contributed by atoms with Crippen LogP contribution in [0.1, 0.15) is 17.0 Å². The minimum Gasteiger partial charge on any atom is -0.484 e. The van der Waals surface area contributed by atoms with Crippen molar-refractivity contribution < 1.29 is 4.74 Å². The van der Waals surface area contributed by atoms with Gasteiger partial charge in [-0.2, -0.15) is 0 Å². The summed E-state index contributed by atoms with van der Waals surface area (Å²) in [5.74, 6) is 2.91. The van der Waals surface area contributed by atoms with Crippen molar-refractivity contribution in [1.29, 1.82) is 0 Å². The van der Waals surface area contributed by atoms with E-state index in [0.717, 1.165) is 44.7 Å². The molecule has 7 aromatic carbocycles. The third-order valence-corrected chi connectivity index (χ3v) is 11.1. The molecule has 0 fully saturated rings. The van der Waals surface area contributed by atoms with Crippen molar-refractivity contribution >= 4 is 27.4 Å². The first-order chi connectivity index (χ1) is 27.8. The summed E-state index contributed by atoms with van der Waals surface area (Å²) in [6.07, 6.45) is 6.59. The van der Waals surface area contributed by atoms with Crippen molar-refractivity contribution in [2.45, 2.75) is 12.0 Å². The predicted octanol–water partition coefficient (Wildman–Crippen LogP) is 12.1. The Kier molecular flexibility index (Phi) is 7.56. The summed E-state index contributed by atoms with van der Waals surface area (Å²) < 4.78 is 8.94. The fourth-order valence-corrected chi connectivity index (χ4v) is 8.38. The van der Waals surface area contributed by atoms with Crippen LogP contribution >= 0.6 is 0 Å². The number of fused-ring (bicyclic) bond motifs is 6. The fourth-order valence-electron chi connectivity index (χ4n) is 8.38. The van der Waals surface area contributed by atoms with Crippen molar-refractivity contribution in [1.82, 2.24) is 19.5 Å². The van der Waals surface area contributed by atoms with E-state index >= 15 is 0 Å². The Morgan fingerprint density at radius 3 is 1.86 bits per heavy atom. The van der Waals surface area contributed by atoms with E-state index in [1.807, 2.05) is 42.5 Å². The van der Waals surface area contributed by atoms with Gasteiger partial charge < -0.3 is 9.30 Å². The second-order valence-electron chi connectivity index (χ2n) is 14.3. The van der Waals surface area contributed by atoms with Gasteiger partial charge in [0, 0.05) is 44.5 Å². The number of ether oxygens (including phenoxy) is 1. The zero-order valence-corrected chi connectivity index (χ0v) is 30.3. The number of allylic oxidation sites excluding steroid dienone is 2. The molecule has 0 amide bonds. The van der Waals surface area contributed by atoms with E-state index in [4.69, 9.17) is 19.7 Å². The van der Waals surface area contributed by atoms with E-state index in [2.05, 4.69) is 156 Å². The molecule has 5 heteroatoms. The molecule has 0 N–H and O–H groups in total. The van der Waals surface area contributed by atoms with Crippen LogP contribution < -0.4 is 4.74 Å². The summed E-state index contributed by atoms with van der Waals surface area (Å²) in [5, 5.41) is 2.37. The highest BCUT2D eigenvalue weighted by Crippen LogP contribution is 2.46. The van der Waals surface area contributed by atoms with Crippen molar-refractivity contribution in [2.75, 3.05) is 0 Å². The summed E-state index contributed by atoms with van der Waals surface area (Å²) in [7, 11) is 0. The third kappa shape index (κ3) is 5.36. The Labute approximate surface area is 324 Å². The quantitative estimate of drug-likeness (QED) is 0.172. The van der Waals surface area contributed by atoms with Gasteiger partial charge in [0.2, 0.25) is 0 Å². The standard InChI is InChI=1S/C51H34N4O/c1-3-14-33(15-4-1)34-26-28-36(29-27-34)50-52-49(35-16-5-2-6-17-35)53-51(54-50)42-20-8-11-24-45(42)55-44-23-10-7-18-39(44)43-32-37(30-31-46(43)55)38-21-13-22-41-40-19-9-12-25-47(40)56-48(38)41/h1-32,38,48H. The lowest BCUT2D eigenvalue weighted by Gasteiger charge is -2.24. The molecular formula is C51H34N4O. The molecule has 11 rings (SSSR count). The van der Waals surface area contributed by atoms with Gasteiger partial charge in [-0.15, -0.1) is 0 Å². The zero-order chi connectivity index (χ0) is 37.0. The number of hydrogen-bond acceptors (Lipinski definition) is 4. The van der Waals surface area contributed by atoms with Crippen LogP contribution in [0.3, 0.4) is 0 Å². The molecule has 5 nitrogen and oxygen atoms in total. The second-order valence-corrected chi connectivity index (χ2v) is 14.3. The van der Waals surface area contributed by atoms with E-state index in [1.165, 1.54) is 33.0 Å². The molecule has 2 aromatic heterocycles. The lowest BCUT2D eigenvalue weighted by molar-refractivity contribution is 0.258. The van der Waals surface area contributed by atoms with Crippen LogP contribution in [0, 0.1) is 0 Å². The minimum absolute atomic E-state index is 0.0599. The number of nitrogens with zero attached hydrogens (tertiary/aromatic N) is 4. The van der Waals surface area contributed by atoms with Crippen LogP contribution in [0.25, 0.3) is 78.4 Å². The largest absolute Gasteiger partial charge is 0.484 e. The molecule has 9 aromatic rings. The van der Waals surface area contributed by atoms with Gasteiger partial charge in [0.05, 0.1) is 16.7 Å². The maximum Gasteiger partial charge on any atom is 0.166 e. The van der Waals surface area contributed by atoms with E-state index in [1.54, 1.807) is 0 Å². The van der Waals surface area contributed by atoms with Gasteiger partial charge in [-0.3, -0.25) is 0 Å². The van der Waals surface area contributed by atoms with E-state index < -0.39 is 0 Å². The maximum absolute atomic E-state index is 6.58. The van der Waals surface area contributed by atoms with Gasteiger partial charge >= 0.3 is 0 Å². The Morgan fingerprint density at radius 2 is 1.05 bits per heavy atom. The first kappa shape index (κ1) is 32.1. The summed E-state index contributed by atoms with van der Waals surface area (Å²) >= 11 is 0. The number of benzene rings is 7. The van der Waals surface area contributed by atoms with Crippen molar-refractivity contribution in [3.63, 3.8) is 0 Å². The highest BCUT2D eigenvalue weighted by Gasteiger charge is 2.36. The van der Waals surface area contributed by atoms with Crippen LogP contribution in [-0.2, 0) is 0 Å². The summed E-state index contributed by atoms with van der Waals surface area (Å²) in [6, 6.07) is 61.3. The highest BCUT2D eigenvalue weighted by atomic mass is 16.5. The van der Waals surface area contributed by atoms with Crippen LogP contribution in [0.4, 0.5) is 0 Å². The molecule has 264 valence electrons. The van der Waals surface area contributed by atoms with Gasteiger partial charge in [-0.25, -0.2) is 15.0 Å². The smallest absolute Gasteiger partial charge is 0.166 e. The topological polar surface area (TPSA) is 52.8 Å². The first-order valence-electron chi connectivity index (χ1n) is 19.0. The number of hydrogen-bond donors (Lipinski definition) is 0. The Hall–Kier alpha value is -7.37. The molecule has 56 heavy (non-hydrogen) atoms. The average molecular weight is 719 g/mol. The lowest BCUT2D eigenvalue weighted by Crippen LogP contribution is -2.22. The molecule has 3 heterocycles. The van der Waals surface area contributed by atoms with Gasteiger partial charge in [-0.05, 0) is 53.1 Å². The van der Waals surface area contributed by atoms with E-state index in [-0.39, 0.29) is 12.0 Å². The Morgan fingerprint density at radius 1 is 0.464 bits per heavy atom. The molecule has 1 aliphatic heterocycles. The van der Waals surface area contributed by atoms with Crippen LogP contribution in [0.5, 0.6) is 5.75 Å². The third-order valence-electron chi connectivity index (χ3n) is 11.1. The highest BCUT2D eigenvalue weighted by molar-refractivity contribution is 6.10. The molecule has 0 spiro atoms. The zero-order valence-electron chi connectivity index (χ0n) is 30.3. The summed E-state index contributed by atoms with van der Waals surface area (Å²) in [4.78, 5) is 15.4. The number of rotatable bonds is 6. The number of para-hydroxylation sites is 3. The van der Waals surface area contributed by atoms with E-state index in [9.17, 15) is 0 Å². The normalized spacial score (nSPS) is 15.7. The summed E-state index contributed by atoms with van der Waals surface area (Å²) in [6.45, 7) is 0. The molecule has 1 aliphatic carbocycles. The van der Waals surface area contributed by atoms with Crippen molar-refractivity contribution in [3.8, 4) is 56.7 Å². The minimum atomic E-state index is -0.0599. The molecular weight excluding hydrogens is 685 g/mol. The van der Waals surface area contributed by atoms with Gasteiger partial charge in [0.15, 0.2) is 17.5 Å². The Balaban J connectivity index is 1.05. The van der Waals surface area contributed by atoms with Gasteiger partial charge in [0.1, 0.15) is 11.9 Å². The molecule has 0 radical (unpaired) electrons. The Bertz CT molecular complexity index is 3000.